The average Bonchev–Trinajstić information content (AvgIpc) is 3.09. The molecule has 0 N–H and O–H groups in total. The monoisotopic (exact) mass is 340 g/mol. The average molecular weight is 340 g/mol. The zero-order chi connectivity index (χ0) is 17.4. The second kappa shape index (κ2) is 6.26. The lowest BCUT2D eigenvalue weighted by Gasteiger charge is -2.46. The standard InChI is InChI=1S/C19H24N4O2/c1-22-13-20-17(21-22)18(24)23-11-9-19(10-12-23)8-7-16(25-2)14-5-3-4-6-15(14)19/h3-6,13,16H,7-12H2,1-2H3. The first-order valence-electron chi connectivity index (χ1n) is 8.90. The molecule has 2 aromatic rings. The SMILES string of the molecule is COC1CCC2(CCN(C(=O)c3ncn(C)n3)CC2)c2ccccc21. The number of amides is 1. The van der Waals surface area contributed by atoms with E-state index in [0.29, 0.717) is 5.82 Å². The largest absolute Gasteiger partial charge is 0.377 e. The van der Waals surface area contributed by atoms with Crippen molar-refractivity contribution in [1.82, 2.24) is 19.7 Å². The minimum atomic E-state index is -0.0608. The van der Waals surface area contributed by atoms with Crippen LogP contribution >= 0.6 is 0 Å². The van der Waals surface area contributed by atoms with Gasteiger partial charge in [0.25, 0.3) is 5.91 Å². The molecule has 25 heavy (non-hydrogen) atoms. The van der Waals surface area contributed by atoms with Crippen LogP contribution in [0.25, 0.3) is 0 Å². The van der Waals surface area contributed by atoms with Gasteiger partial charge in [0, 0.05) is 27.2 Å². The second-order valence-electron chi connectivity index (χ2n) is 7.16. The molecule has 132 valence electrons. The van der Waals surface area contributed by atoms with Crippen LogP contribution in [-0.2, 0) is 17.2 Å². The Hall–Kier alpha value is -2.21. The Labute approximate surface area is 147 Å². The zero-order valence-electron chi connectivity index (χ0n) is 14.8. The third-order valence-corrected chi connectivity index (χ3v) is 5.85. The Kier molecular flexibility index (Phi) is 4.07. The highest BCUT2D eigenvalue weighted by Gasteiger charge is 2.42. The summed E-state index contributed by atoms with van der Waals surface area (Å²) in [5, 5.41) is 4.14. The first kappa shape index (κ1) is 16.3. The van der Waals surface area contributed by atoms with Gasteiger partial charge in [-0.25, -0.2) is 4.98 Å². The van der Waals surface area contributed by atoms with Gasteiger partial charge in [0.2, 0.25) is 5.82 Å². The lowest BCUT2D eigenvalue weighted by Crippen LogP contribution is -2.47. The normalized spacial score (nSPS) is 22.0. The Bertz CT molecular complexity index is 777. The molecule has 6 nitrogen and oxygen atoms in total. The number of hydrogen-bond acceptors (Lipinski definition) is 4. The summed E-state index contributed by atoms with van der Waals surface area (Å²) in [6.07, 6.45) is 5.90. The van der Waals surface area contributed by atoms with Crippen molar-refractivity contribution in [2.75, 3.05) is 20.2 Å². The molecule has 0 saturated carbocycles. The van der Waals surface area contributed by atoms with E-state index >= 15 is 0 Å². The van der Waals surface area contributed by atoms with Gasteiger partial charge in [-0.3, -0.25) is 9.48 Å². The molecule has 1 aliphatic carbocycles. The fourth-order valence-corrected chi connectivity index (χ4v) is 4.44. The minimum Gasteiger partial charge on any atom is -0.377 e. The van der Waals surface area contributed by atoms with Crippen molar-refractivity contribution < 1.29 is 9.53 Å². The van der Waals surface area contributed by atoms with Gasteiger partial charge in [-0.15, -0.1) is 5.10 Å². The van der Waals surface area contributed by atoms with E-state index in [2.05, 4.69) is 34.3 Å². The quantitative estimate of drug-likeness (QED) is 0.843. The van der Waals surface area contributed by atoms with E-state index in [0.717, 1.165) is 38.8 Å². The molecule has 2 heterocycles. The van der Waals surface area contributed by atoms with Gasteiger partial charge in [0.05, 0.1) is 6.10 Å². The maximum Gasteiger partial charge on any atom is 0.293 e. The molecule has 1 amide bonds. The van der Waals surface area contributed by atoms with Gasteiger partial charge >= 0.3 is 0 Å². The van der Waals surface area contributed by atoms with Crippen LogP contribution in [0.2, 0.25) is 0 Å². The van der Waals surface area contributed by atoms with Gasteiger partial charge in [-0.1, -0.05) is 24.3 Å². The molecule has 1 fully saturated rings. The number of benzene rings is 1. The van der Waals surface area contributed by atoms with Crippen molar-refractivity contribution >= 4 is 5.91 Å². The summed E-state index contributed by atoms with van der Waals surface area (Å²) in [5.41, 5.74) is 2.90. The predicted octanol–water partition coefficient (Wildman–Crippen LogP) is 2.47. The zero-order valence-corrected chi connectivity index (χ0v) is 14.8. The van der Waals surface area contributed by atoms with E-state index in [-0.39, 0.29) is 17.4 Å². The van der Waals surface area contributed by atoms with Crippen LogP contribution in [0.5, 0.6) is 0 Å². The lowest BCUT2D eigenvalue weighted by molar-refractivity contribution is 0.0495. The van der Waals surface area contributed by atoms with E-state index < -0.39 is 0 Å². The van der Waals surface area contributed by atoms with Crippen molar-refractivity contribution in [3.63, 3.8) is 0 Å². The Morgan fingerprint density at radius 3 is 2.68 bits per heavy atom. The van der Waals surface area contributed by atoms with Crippen LogP contribution in [0.1, 0.15) is 53.5 Å². The molecule has 1 aromatic carbocycles. The number of hydrogen-bond donors (Lipinski definition) is 0. The summed E-state index contributed by atoms with van der Waals surface area (Å²) in [7, 11) is 3.57. The third kappa shape index (κ3) is 2.74. The van der Waals surface area contributed by atoms with E-state index in [4.69, 9.17) is 4.74 Å². The van der Waals surface area contributed by atoms with Crippen molar-refractivity contribution in [2.45, 2.75) is 37.2 Å². The summed E-state index contributed by atoms with van der Waals surface area (Å²) in [5.74, 6) is 0.233. The summed E-state index contributed by atoms with van der Waals surface area (Å²) in [6, 6.07) is 8.65. The molecule has 4 rings (SSSR count). The fourth-order valence-electron chi connectivity index (χ4n) is 4.44. The minimum absolute atomic E-state index is 0.0608. The van der Waals surface area contributed by atoms with Gasteiger partial charge in [-0.2, -0.15) is 0 Å². The molecule has 1 spiro atoms. The predicted molar refractivity (Wildman–Crippen MR) is 93.2 cm³/mol. The molecule has 1 saturated heterocycles. The lowest BCUT2D eigenvalue weighted by atomic mass is 9.64. The highest BCUT2D eigenvalue weighted by atomic mass is 16.5. The summed E-state index contributed by atoms with van der Waals surface area (Å²) in [6.45, 7) is 1.51. The molecule has 0 bridgehead atoms. The first-order valence-corrected chi connectivity index (χ1v) is 8.90. The van der Waals surface area contributed by atoms with Gasteiger partial charge < -0.3 is 9.64 Å². The number of rotatable bonds is 2. The molecular weight excluding hydrogens is 316 g/mol. The summed E-state index contributed by atoms with van der Waals surface area (Å²) >= 11 is 0. The Balaban J connectivity index is 1.54. The molecule has 1 unspecified atom stereocenters. The molecule has 1 atom stereocenters. The fraction of sp³-hybridized carbons (Fsp3) is 0.526. The summed E-state index contributed by atoms with van der Waals surface area (Å²) < 4.78 is 7.26. The Morgan fingerprint density at radius 1 is 1.24 bits per heavy atom. The van der Waals surface area contributed by atoms with Gasteiger partial charge in [-0.05, 0) is 42.2 Å². The third-order valence-electron chi connectivity index (χ3n) is 5.85. The van der Waals surface area contributed by atoms with Crippen molar-refractivity contribution in [3.8, 4) is 0 Å². The topological polar surface area (TPSA) is 60.2 Å². The van der Waals surface area contributed by atoms with E-state index in [9.17, 15) is 4.79 Å². The number of piperidine rings is 1. The molecule has 1 aromatic heterocycles. The highest BCUT2D eigenvalue weighted by molar-refractivity contribution is 5.90. The number of aromatic nitrogens is 3. The van der Waals surface area contributed by atoms with Crippen LogP contribution in [0.3, 0.4) is 0 Å². The number of aryl methyl sites for hydroxylation is 1. The molecule has 6 heteroatoms. The van der Waals surface area contributed by atoms with Crippen LogP contribution in [0, 0.1) is 0 Å². The number of nitrogens with zero attached hydrogens (tertiary/aromatic N) is 4. The van der Waals surface area contributed by atoms with Crippen LogP contribution < -0.4 is 0 Å². The molecule has 0 radical (unpaired) electrons. The van der Waals surface area contributed by atoms with E-state index in [1.807, 2.05) is 4.90 Å². The smallest absolute Gasteiger partial charge is 0.293 e. The number of fused-ring (bicyclic) bond motifs is 2. The van der Waals surface area contributed by atoms with Crippen LogP contribution in [-0.4, -0.2) is 45.8 Å². The van der Waals surface area contributed by atoms with Crippen molar-refractivity contribution in [2.24, 2.45) is 7.05 Å². The number of ether oxygens (including phenoxy) is 1. The Morgan fingerprint density at radius 2 is 2.00 bits per heavy atom. The van der Waals surface area contributed by atoms with Crippen molar-refractivity contribution in [1.29, 1.82) is 0 Å². The highest BCUT2D eigenvalue weighted by Crippen LogP contribution is 2.48. The number of carbonyl (C=O) groups excluding carboxylic acids is 1. The molecular formula is C19H24N4O2. The molecule has 1 aliphatic heterocycles. The van der Waals surface area contributed by atoms with E-state index in [1.54, 1.807) is 25.2 Å². The molecule has 2 aliphatic rings. The first-order chi connectivity index (χ1) is 12.1. The summed E-state index contributed by atoms with van der Waals surface area (Å²) in [4.78, 5) is 18.6. The second-order valence-corrected chi connectivity index (χ2v) is 7.16. The van der Waals surface area contributed by atoms with Crippen molar-refractivity contribution in [3.05, 3.63) is 47.5 Å². The van der Waals surface area contributed by atoms with Crippen LogP contribution in [0.4, 0.5) is 0 Å². The number of carbonyl (C=O) groups is 1. The number of likely N-dealkylation sites (tertiary alicyclic amines) is 1. The number of methoxy groups -OCH3 is 1. The maximum absolute atomic E-state index is 12.6. The van der Waals surface area contributed by atoms with Gasteiger partial charge in [0.1, 0.15) is 6.33 Å². The van der Waals surface area contributed by atoms with Gasteiger partial charge in [0.15, 0.2) is 0 Å². The van der Waals surface area contributed by atoms with E-state index in [1.165, 1.54) is 11.1 Å². The van der Waals surface area contributed by atoms with Crippen LogP contribution in [0.15, 0.2) is 30.6 Å². The maximum atomic E-state index is 12.6.